The van der Waals surface area contributed by atoms with E-state index in [1.165, 1.54) is 0 Å². The summed E-state index contributed by atoms with van der Waals surface area (Å²) < 4.78 is 2.11. The third kappa shape index (κ3) is 6.56. The van der Waals surface area contributed by atoms with E-state index in [-0.39, 0.29) is 41.8 Å². The molecule has 1 unspecified atom stereocenters. The van der Waals surface area contributed by atoms with Gasteiger partial charge in [0.1, 0.15) is 11.7 Å². The number of hydrogen-bond donors (Lipinski definition) is 4. The van der Waals surface area contributed by atoms with Gasteiger partial charge in [-0.3, -0.25) is 39.0 Å². The molecule has 4 N–H and O–H groups in total. The van der Waals surface area contributed by atoms with E-state index in [9.17, 15) is 28.8 Å². The van der Waals surface area contributed by atoms with Crippen LogP contribution in [0.2, 0.25) is 0 Å². The zero-order valence-corrected chi connectivity index (χ0v) is 28.9. The third-order valence-electron chi connectivity index (χ3n) is 9.75. The zero-order chi connectivity index (χ0) is 36.5. The molecule has 52 heavy (non-hydrogen) atoms. The molecule has 0 bridgehead atoms. The van der Waals surface area contributed by atoms with E-state index in [1.807, 2.05) is 6.20 Å². The Balaban J connectivity index is 0.931. The van der Waals surface area contributed by atoms with Gasteiger partial charge in [-0.05, 0) is 62.1 Å². The number of nitrogens with one attached hydrogen (secondary N) is 4. The summed E-state index contributed by atoms with van der Waals surface area (Å²) in [4.78, 5) is 87.9. The first-order chi connectivity index (χ1) is 25.1. The number of benzene rings is 2. The van der Waals surface area contributed by atoms with E-state index >= 15 is 0 Å². The number of aromatic nitrogens is 3. The lowest BCUT2D eigenvalue weighted by molar-refractivity contribution is -0.136. The predicted molar refractivity (Wildman–Crippen MR) is 191 cm³/mol. The average molecular weight is 706 g/mol. The van der Waals surface area contributed by atoms with Crippen molar-refractivity contribution in [2.24, 2.45) is 0 Å². The highest BCUT2D eigenvalue weighted by molar-refractivity contribution is 6.25. The van der Waals surface area contributed by atoms with Crippen molar-refractivity contribution in [3.05, 3.63) is 77.1 Å². The summed E-state index contributed by atoms with van der Waals surface area (Å²) in [5.74, 6) is -2.20. The summed E-state index contributed by atoms with van der Waals surface area (Å²) in [5.41, 5.74) is 3.30. The summed E-state index contributed by atoms with van der Waals surface area (Å²) in [6.45, 7) is 0.752. The minimum absolute atomic E-state index is 0.0479. The minimum Gasteiger partial charge on any atom is -0.384 e. The lowest BCUT2D eigenvalue weighted by Gasteiger charge is -2.27. The van der Waals surface area contributed by atoms with Crippen LogP contribution in [-0.4, -0.2) is 93.0 Å². The van der Waals surface area contributed by atoms with Gasteiger partial charge in [0.05, 0.1) is 22.1 Å². The van der Waals surface area contributed by atoms with E-state index in [2.05, 4.69) is 30.8 Å². The van der Waals surface area contributed by atoms with Crippen LogP contribution in [0.1, 0.15) is 92.4 Å². The molecule has 3 aliphatic rings. The molecule has 4 aromatic rings. The van der Waals surface area contributed by atoms with Gasteiger partial charge >= 0.3 is 0 Å². The number of amides is 6. The number of hydrogen-bond acceptors (Lipinski definition) is 10. The summed E-state index contributed by atoms with van der Waals surface area (Å²) in [7, 11) is 3.46. The molecule has 15 heteroatoms. The van der Waals surface area contributed by atoms with Gasteiger partial charge in [-0.1, -0.05) is 18.9 Å². The van der Waals surface area contributed by atoms with Gasteiger partial charge in [0, 0.05) is 69.0 Å². The van der Waals surface area contributed by atoms with Crippen molar-refractivity contribution in [2.75, 3.05) is 37.8 Å². The van der Waals surface area contributed by atoms with Crippen LogP contribution >= 0.6 is 0 Å². The fourth-order valence-corrected chi connectivity index (χ4v) is 7.07. The third-order valence-corrected chi connectivity index (χ3v) is 9.75. The molecule has 1 atom stereocenters. The van der Waals surface area contributed by atoms with Gasteiger partial charge in [-0.15, -0.1) is 0 Å². The molecule has 0 spiro atoms. The smallest absolute Gasteiger partial charge is 0.264 e. The van der Waals surface area contributed by atoms with Crippen LogP contribution in [0.15, 0.2) is 54.9 Å². The molecule has 1 aliphatic carbocycles. The monoisotopic (exact) mass is 705 g/mol. The SMILES string of the molecule is CN(C)C(=O)c1cn(C2CCCC2)c2nc(Nc3ccc(C(=O)NCCCNc4cccc5c4C(=O)N(C4CCC(=O)NC4=O)C5=O)cc3)ncc12. The molecule has 2 aromatic heterocycles. The van der Waals surface area contributed by atoms with Crippen LogP contribution in [0.25, 0.3) is 11.0 Å². The maximum absolute atomic E-state index is 13.3. The molecule has 15 nitrogen and oxygen atoms in total. The van der Waals surface area contributed by atoms with Crippen LogP contribution < -0.4 is 21.3 Å². The van der Waals surface area contributed by atoms with Crippen molar-refractivity contribution in [1.82, 2.24) is 35.0 Å². The first-order valence-corrected chi connectivity index (χ1v) is 17.4. The summed E-state index contributed by atoms with van der Waals surface area (Å²) in [6.07, 6.45) is 8.61. The number of nitrogens with zero attached hydrogens (tertiary/aromatic N) is 5. The largest absolute Gasteiger partial charge is 0.384 e. The van der Waals surface area contributed by atoms with Gasteiger partial charge in [0.25, 0.3) is 23.6 Å². The Kier molecular flexibility index (Phi) is 9.41. The lowest BCUT2D eigenvalue weighted by Crippen LogP contribution is -2.54. The van der Waals surface area contributed by atoms with Crippen LogP contribution in [0.3, 0.4) is 0 Å². The van der Waals surface area contributed by atoms with E-state index in [1.54, 1.807) is 67.7 Å². The average Bonchev–Trinajstić information content (AvgIpc) is 3.86. The molecular formula is C37H39N9O6. The molecular weight excluding hydrogens is 666 g/mol. The van der Waals surface area contributed by atoms with Crippen molar-refractivity contribution in [3.8, 4) is 0 Å². The molecule has 6 amide bonds. The number of carbonyl (C=O) groups excluding carboxylic acids is 6. The van der Waals surface area contributed by atoms with Gasteiger partial charge < -0.3 is 25.4 Å². The van der Waals surface area contributed by atoms with E-state index in [0.717, 1.165) is 30.6 Å². The predicted octanol–water partition coefficient (Wildman–Crippen LogP) is 3.63. The van der Waals surface area contributed by atoms with Gasteiger partial charge in [0.2, 0.25) is 17.8 Å². The zero-order valence-electron chi connectivity index (χ0n) is 28.9. The molecule has 1 saturated heterocycles. The number of imide groups is 2. The fourth-order valence-electron chi connectivity index (χ4n) is 7.07. The Morgan fingerprint density at radius 1 is 0.962 bits per heavy atom. The quantitative estimate of drug-likeness (QED) is 0.133. The maximum atomic E-state index is 13.3. The molecule has 2 fully saturated rings. The Bertz CT molecular complexity index is 2100. The number of carbonyl (C=O) groups is 6. The fraction of sp³-hybridized carbons (Fsp3) is 0.351. The topological polar surface area (TPSA) is 188 Å². The Morgan fingerprint density at radius 2 is 1.73 bits per heavy atom. The summed E-state index contributed by atoms with van der Waals surface area (Å²) in [6, 6.07) is 11.1. The van der Waals surface area contributed by atoms with Crippen molar-refractivity contribution >= 4 is 63.8 Å². The second-order valence-electron chi connectivity index (χ2n) is 13.4. The normalized spacial score (nSPS) is 17.3. The molecule has 2 aliphatic heterocycles. The number of rotatable bonds is 11. The molecule has 0 radical (unpaired) electrons. The van der Waals surface area contributed by atoms with Crippen molar-refractivity contribution < 1.29 is 28.8 Å². The number of anilines is 3. The summed E-state index contributed by atoms with van der Waals surface area (Å²) >= 11 is 0. The highest BCUT2D eigenvalue weighted by atomic mass is 16.2. The van der Waals surface area contributed by atoms with Gasteiger partial charge in [-0.2, -0.15) is 4.98 Å². The summed E-state index contributed by atoms with van der Waals surface area (Å²) in [5, 5.41) is 12.2. The minimum atomic E-state index is -1.04. The number of fused-ring (bicyclic) bond motifs is 2. The van der Waals surface area contributed by atoms with E-state index in [4.69, 9.17) is 4.98 Å². The molecule has 7 rings (SSSR count). The molecule has 268 valence electrons. The Morgan fingerprint density at radius 3 is 2.46 bits per heavy atom. The first-order valence-electron chi connectivity index (χ1n) is 17.4. The first kappa shape index (κ1) is 34.3. The second kappa shape index (κ2) is 14.2. The van der Waals surface area contributed by atoms with Crippen molar-refractivity contribution in [2.45, 2.75) is 57.0 Å². The standard InChI is InChI=1S/C37H39N9O6/c1-44(2)34(50)26-20-45(23-7-3-4-8-23)31-25(26)19-40-37(43-31)41-22-13-11-21(12-14-22)32(48)39-18-6-17-38-27-10-5-9-24-30(27)36(52)46(35(24)51)28-15-16-29(47)42-33(28)49/h5,9-14,19-20,23,28,38H,3-4,6-8,15-18H2,1-2H3,(H,39,48)(H,40,41,43)(H,42,47,49). The van der Waals surface area contributed by atoms with E-state index in [0.29, 0.717) is 59.0 Å². The lowest BCUT2D eigenvalue weighted by atomic mass is 10.0. The van der Waals surface area contributed by atoms with Gasteiger partial charge in [0.15, 0.2) is 0 Å². The Hall–Kier alpha value is -6.12. The van der Waals surface area contributed by atoms with Crippen LogP contribution in [0.5, 0.6) is 0 Å². The Labute approximate surface area is 299 Å². The second-order valence-corrected chi connectivity index (χ2v) is 13.4. The van der Waals surface area contributed by atoms with E-state index < -0.39 is 29.7 Å². The highest BCUT2D eigenvalue weighted by Crippen LogP contribution is 2.35. The number of piperidine rings is 1. The van der Waals surface area contributed by atoms with Crippen LogP contribution in [0, 0.1) is 0 Å². The molecule has 1 saturated carbocycles. The maximum Gasteiger partial charge on any atom is 0.264 e. The van der Waals surface area contributed by atoms with Crippen molar-refractivity contribution in [1.29, 1.82) is 0 Å². The van der Waals surface area contributed by atoms with Crippen molar-refractivity contribution in [3.63, 3.8) is 0 Å². The highest BCUT2D eigenvalue weighted by Gasteiger charge is 2.45. The van der Waals surface area contributed by atoms with Crippen LogP contribution in [0.4, 0.5) is 17.3 Å². The molecule has 4 heterocycles. The van der Waals surface area contributed by atoms with Crippen LogP contribution in [-0.2, 0) is 9.59 Å². The van der Waals surface area contributed by atoms with Gasteiger partial charge in [-0.25, -0.2) is 4.98 Å². The molecule has 2 aromatic carbocycles.